The predicted octanol–water partition coefficient (Wildman–Crippen LogP) is 0.799. The van der Waals surface area contributed by atoms with Crippen LogP contribution in [0.2, 0.25) is 0 Å². The molecule has 0 aliphatic heterocycles. The van der Waals surface area contributed by atoms with E-state index in [1.807, 2.05) is 0 Å². The molecular formula is C8H12O7P2. The molecule has 0 spiro atoms. The minimum Gasteiger partial charge on any atom is -0.364 e. The van der Waals surface area contributed by atoms with Crippen molar-refractivity contribution in [2.45, 2.75) is 5.08 Å². The Bertz CT molecular complexity index is 482. The zero-order valence-electron chi connectivity index (χ0n) is 8.79. The van der Waals surface area contributed by atoms with E-state index in [0.29, 0.717) is 0 Å². The highest BCUT2D eigenvalue weighted by Crippen LogP contribution is 2.74. The average Bonchev–Trinajstić information content (AvgIpc) is 2.27. The molecule has 0 bridgehead atoms. The summed E-state index contributed by atoms with van der Waals surface area (Å²) in [6.45, 7) is 0. The second kappa shape index (κ2) is 4.63. The SMILES string of the molecule is COP(=O)(O)C(O)(c1ccccc1)P(=O)(O)O. The maximum Gasteiger partial charge on any atom is 0.376 e. The van der Waals surface area contributed by atoms with Gasteiger partial charge in [0.2, 0.25) is 0 Å². The molecule has 0 aliphatic rings. The van der Waals surface area contributed by atoms with E-state index in [9.17, 15) is 19.1 Å². The summed E-state index contributed by atoms with van der Waals surface area (Å²) in [4.78, 5) is 27.6. The smallest absolute Gasteiger partial charge is 0.364 e. The average molecular weight is 282 g/mol. The normalized spacial score (nSPS) is 19.4. The Kier molecular flexibility index (Phi) is 3.96. The lowest BCUT2D eigenvalue weighted by Crippen LogP contribution is -2.26. The van der Waals surface area contributed by atoms with Crippen molar-refractivity contribution in [1.29, 1.82) is 0 Å². The second-order valence-electron chi connectivity index (χ2n) is 3.25. The van der Waals surface area contributed by atoms with Gasteiger partial charge in [-0.1, -0.05) is 30.3 Å². The van der Waals surface area contributed by atoms with Crippen molar-refractivity contribution in [3.05, 3.63) is 35.9 Å². The van der Waals surface area contributed by atoms with Gasteiger partial charge in [0.1, 0.15) is 0 Å². The number of rotatable bonds is 4. The predicted molar refractivity (Wildman–Crippen MR) is 59.2 cm³/mol. The van der Waals surface area contributed by atoms with E-state index in [1.165, 1.54) is 18.2 Å². The maximum absolute atomic E-state index is 11.6. The Morgan fingerprint density at radius 2 is 1.59 bits per heavy atom. The van der Waals surface area contributed by atoms with Gasteiger partial charge >= 0.3 is 15.2 Å². The van der Waals surface area contributed by atoms with Crippen molar-refractivity contribution >= 4 is 15.2 Å². The van der Waals surface area contributed by atoms with E-state index >= 15 is 0 Å². The summed E-state index contributed by atoms with van der Waals surface area (Å²) in [5, 5.41) is 6.68. The molecule has 0 saturated carbocycles. The van der Waals surface area contributed by atoms with Gasteiger partial charge < -0.3 is 24.3 Å². The largest absolute Gasteiger partial charge is 0.376 e. The summed E-state index contributed by atoms with van der Waals surface area (Å²) >= 11 is 0. The van der Waals surface area contributed by atoms with Gasteiger partial charge in [-0.15, -0.1) is 0 Å². The van der Waals surface area contributed by atoms with E-state index in [4.69, 9.17) is 9.79 Å². The molecule has 2 unspecified atom stereocenters. The van der Waals surface area contributed by atoms with Crippen molar-refractivity contribution in [1.82, 2.24) is 0 Å². The molecule has 0 aromatic heterocycles. The minimum absolute atomic E-state index is 0.388. The quantitative estimate of drug-likeness (QED) is 0.602. The fourth-order valence-corrected chi connectivity index (χ4v) is 4.06. The van der Waals surface area contributed by atoms with Crippen molar-refractivity contribution in [3.63, 3.8) is 0 Å². The Balaban J connectivity index is 3.54. The molecule has 9 heteroatoms. The van der Waals surface area contributed by atoms with Crippen molar-refractivity contribution in [2.24, 2.45) is 0 Å². The van der Waals surface area contributed by atoms with E-state index in [-0.39, 0.29) is 5.56 Å². The highest BCUT2D eigenvalue weighted by atomic mass is 31.2. The minimum atomic E-state index is -5.33. The van der Waals surface area contributed by atoms with Crippen LogP contribution < -0.4 is 0 Å². The maximum atomic E-state index is 11.6. The lowest BCUT2D eigenvalue weighted by Gasteiger charge is -2.31. The van der Waals surface area contributed by atoms with Crippen LogP contribution in [-0.4, -0.2) is 26.9 Å². The van der Waals surface area contributed by atoms with Crippen molar-refractivity contribution < 1.29 is 33.4 Å². The molecule has 0 amide bonds. The zero-order chi connectivity index (χ0) is 13.3. The molecule has 0 radical (unpaired) electrons. The van der Waals surface area contributed by atoms with Crippen molar-refractivity contribution in [2.75, 3.05) is 7.11 Å². The first-order chi connectivity index (χ1) is 7.67. The van der Waals surface area contributed by atoms with Gasteiger partial charge in [-0.05, 0) is 0 Å². The zero-order valence-corrected chi connectivity index (χ0v) is 10.6. The molecule has 0 aliphatic carbocycles. The Morgan fingerprint density at radius 1 is 1.12 bits per heavy atom. The molecule has 4 N–H and O–H groups in total. The van der Waals surface area contributed by atoms with Crippen LogP contribution in [0.4, 0.5) is 0 Å². The number of benzene rings is 1. The molecule has 7 nitrogen and oxygen atoms in total. The summed E-state index contributed by atoms with van der Waals surface area (Å²) in [5.74, 6) is 0. The first kappa shape index (κ1) is 14.5. The molecular weight excluding hydrogens is 270 g/mol. The van der Waals surface area contributed by atoms with Gasteiger partial charge in [-0.25, -0.2) is 0 Å². The van der Waals surface area contributed by atoms with Crippen LogP contribution in [0.25, 0.3) is 0 Å². The lowest BCUT2D eigenvalue weighted by atomic mass is 10.2. The fraction of sp³-hybridized carbons (Fsp3) is 0.250. The number of hydrogen-bond acceptors (Lipinski definition) is 4. The monoisotopic (exact) mass is 282 g/mol. The van der Waals surface area contributed by atoms with Crippen LogP contribution in [-0.2, 0) is 18.7 Å². The molecule has 1 aromatic rings. The van der Waals surface area contributed by atoms with E-state index in [2.05, 4.69) is 4.52 Å². The van der Waals surface area contributed by atoms with Crippen LogP contribution in [0.3, 0.4) is 0 Å². The van der Waals surface area contributed by atoms with Gasteiger partial charge in [0.05, 0.1) is 0 Å². The van der Waals surface area contributed by atoms with Crippen LogP contribution in [0.1, 0.15) is 5.56 Å². The Hall–Kier alpha value is -0.520. The van der Waals surface area contributed by atoms with Gasteiger partial charge in [0, 0.05) is 12.7 Å². The van der Waals surface area contributed by atoms with Crippen LogP contribution in [0, 0.1) is 0 Å². The highest BCUT2D eigenvalue weighted by molar-refractivity contribution is 7.71. The summed E-state index contributed by atoms with van der Waals surface area (Å²) in [6, 6.07) is 6.51. The van der Waals surface area contributed by atoms with Crippen LogP contribution in [0.5, 0.6) is 0 Å². The first-order valence-electron chi connectivity index (χ1n) is 4.39. The molecule has 96 valence electrons. The third-order valence-electron chi connectivity index (χ3n) is 2.21. The van der Waals surface area contributed by atoms with E-state index < -0.39 is 20.3 Å². The van der Waals surface area contributed by atoms with Crippen LogP contribution in [0.15, 0.2) is 30.3 Å². The van der Waals surface area contributed by atoms with E-state index in [1.54, 1.807) is 0 Å². The molecule has 1 rings (SSSR count). The topological polar surface area (TPSA) is 124 Å². The second-order valence-corrected chi connectivity index (χ2v) is 7.39. The highest BCUT2D eigenvalue weighted by Gasteiger charge is 2.61. The molecule has 2 atom stereocenters. The third-order valence-corrected chi connectivity index (χ3v) is 6.36. The van der Waals surface area contributed by atoms with Crippen LogP contribution >= 0.6 is 15.2 Å². The Labute approximate surface area is 97.4 Å². The molecule has 17 heavy (non-hydrogen) atoms. The number of hydrogen-bond donors (Lipinski definition) is 4. The number of aliphatic hydroxyl groups is 1. The third kappa shape index (κ3) is 2.37. The summed E-state index contributed by atoms with van der Waals surface area (Å²) in [5.41, 5.74) is -0.388. The summed E-state index contributed by atoms with van der Waals surface area (Å²) in [6.07, 6.45) is 0. The van der Waals surface area contributed by atoms with Gasteiger partial charge in [-0.2, -0.15) is 0 Å². The first-order valence-corrected chi connectivity index (χ1v) is 7.58. The summed E-state index contributed by atoms with van der Waals surface area (Å²) < 4.78 is 27.1. The molecule has 0 heterocycles. The van der Waals surface area contributed by atoms with Gasteiger partial charge in [0.15, 0.2) is 0 Å². The lowest BCUT2D eigenvalue weighted by molar-refractivity contribution is 0.123. The summed E-state index contributed by atoms with van der Waals surface area (Å²) in [7, 11) is -9.49. The fourth-order valence-electron chi connectivity index (χ4n) is 1.28. The standard InChI is InChI=1S/C8H12O7P2/c1-15-17(13,14)8(9,16(10,11)12)7-5-3-2-4-6-7/h2-6,9H,1H3,(H,13,14)(H2,10,11,12). The van der Waals surface area contributed by atoms with Gasteiger partial charge in [-0.3, -0.25) is 9.13 Å². The molecule has 1 aromatic carbocycles. The van der Waals surface area contributed by atoms with Gasteiger partial charge in [0.25, 0.3) is 5.08 Å². The molecule has 0 fully saturated rings. The van der Waals surface area contributed by atoms with Crippen molar-refractivity contribution in [3.8, 4) is 0 Å². The Morgan fingerprint density at radius 3 is 1.94 bits per heavy atom. The molecule has 0 saturated heterocycles. The van der Waals surface area contributed by atoms with E-state index in [0.717, 1.165) is 19.2 Å².